The van der Waals surface area contributed by atoms with Crippen LogP contribution in [0.1, 0.15) is 77.7 Å². The number of benzene rings is 2. The lowest BCUT2D eigenvalue weighted by Crippen LogP contribution is -2.48. The summed E-state index contributed by atoms with van der Waals surface area (Å²) in [6, 6.07) is 13.2. The molecule has 3 atom stereocenters. The first-order valence-corrected chi connectivity index (χ1v) is 19.4. The number of dihydropyridines is 1. The van der Waals surface area contributed by atoms with Gasteiger partial charge < -0.3 is 5.32 Å². The summed E-state index contributed by atoms with van der Waals surface area (Å²) in [4.78, 5) is 10.1. The van der Waals surface area contributed by atoms with Gasteiger partial charge in [0, 0.05) is 11.8 Å². The Balaban J connectivity index is 1.27. The maximum atomic E-state index is 13.3. The molecule has 3 aliphatic rings. The van der Waals surface area contributed by atoms with E-state index in [0.29, 0.717) is 17.3 Å². The van der Waals surface area contributed by atoms with Crippen LogP contribution in [-0.2, 0) is 20.0 Å². The summed E-state index contributed by atoms with van der Waals surface area (Å²) in [5, 5.41) is 3.21. The number of sulfonamides is 2. The van der Waals surface area contributed by atoms with E-state index in [1.54, 1.807) is 42.5 Å². The van der Waals surface area contributed by atoms with Gasteiger partial charge in [-0.2, -0.15) is 0 Å². The SMILES string of the molecule is CC(=NC1CCCCC1NS(=O)(=O)C1CCC(C)CC1)C1=CC=CC(C(C)=Nc2ccccc2NS(=O)(=O)c2ccc(C)cc2)N1. The van der Waals surface area contributed by atoms with Crippen molar-refractivity contribution < 1.29 is 16.8 Å². The quantitative estimate of drug-likeness (QED) is 0.247. The van der Waals surface area contributed by atoms with Crippen LogP contribution < -0.4 is 14.8 Å². The van der Waals surface area contributed by atoms with Crippen LogP contribution in [0.2, 0.25) is 0 Å². The Labute approximate surface area is 274 Å². The molecule has 46 heavy (non-hydrogen) atoms. The van der Waals surface area contributed by atoms with E-state index in [-0.39, 0.29) is 28.3 Å². The van der Waals surface area contributed by atoms with Gasteiger partial charge in [-0.1, -0.05) is 61.7 Å². The molecular weight excluding hydrogens is 619 g/mol. The van der Waals surface area contributed by atoms with Gasteiger partial charge in [-0.25, -0.2) is 21.6 Å². The van der Waals surface area contributed by atoms with E-state index in [4.69, 9.17) is 9.98 Å². The first-order valence-electron chi connectivity index (χ1n) is 16.4. The van der Waals surface area contributed by atoms with E-state index in [9.17, 15) is 16.8 Å². The lowest BCUT2D eigenvalue weighted by molar-refractivity contribution is 0.351. The van der Waals surface area contributed by atoms with Crippen LogP contribution in [0.5, 0.6) is 0 Å². The van der Waals surface area contributed by atoms with Crippen molar-refractivity contribution in [1.82, 2.24) is 10.0 Å². The molecule has 0 saturated heterocycles. The zero-order valence-corrected chi connectivity index (χ0v) is 28.9. The summed E-state index contributed by atoms with van der Waals surface area (Å²) in [5.74, 6) is 0.593. The summed E-state index contributed by atoms with van der Waals surface area (Å²) in [5.41, 5.74) is 4.30. The molecule has 2 fully saturated rings. The van der Waals surface area contributed by atoms with Crippen LogP contribution in [0, 0.1) is 12.8 Å². The molecule has 248 valence electrons. The van der Waals surface area contributed by atoms with Crippen LogP contribution in [0.15, 0.2) is 87.3 Å². The number of hydrogen-bond donors (Lipinski definition) is 3. The van der Waals surface area contributed by atoms with Crippen molar-refractivity contribution in [1.29, 1.82) is 0 Å². The second-order valence-electron chi connectivity index (χ2n) is 13.0. The molecule has 0 bridgehead atoms. The summed E-state index contributed by atoms with van der Waals surface area (Å²) >= 11 is 0. The summed E-state index contributed by atoms with van der Waals surface area (Å²) in [6.07, 6.45) is 13.0. The maximum Gasteiger partial charge on any atom is 0.261 e. The fourth-order valence-corrected chi connectivity index (χ4v) is 9.26. The largest absolute Gasteiger partial charge is 0.372 e. The van der Waals surface area contributed by atoms with Crippen molar-refractivity contribution in [2.75, 3.05) is 4.72 Å². The Bertz CT molecular complexity index is 1720. The predicted molar refractivity (Wildman–Crippen MR) is 188 cm³/mol. The number of rotatable bonds is 10. The molecule has 3 unspecified atom stereocenters. The van der Waals surface area contributed by atoms with Crippen molar-refractivity contribution in [3.05, 3.63) is 78.0 Å². The Morgan fingerprint density at radius 3 is 2.33 bits per heavy atom. The molecule has 0 spiro atoms. The Morgan fingerprint density at radius 1 is 0.891 bits per heavy atom. The smallest absolute Gasteiger partial charge is 0.261 e. The molecule has 2 aromatic rings. The standard InChI is InChI=1S/C35H47N5O4S2/c1-24-16-20-28(21-17-24)45(41,42)39-34-12-7-5-10-32(34)36-26(3)30-14-9-15-31(38-30)27(4)37-33-11-6-8-13-35(33)40-46(43,44)29-22-18-25(2)19-23-29/h5,7,9-10,12,14-17,20-21,25,29-30,33,35,38-40H,6,8,11,13,18-19,22-23H2,1-4H3. The van der Waals surface area contributed by atoms with Gasteiger partial charge >= 0.3 is 0 Å². The molecule has 5 rings (SSSR count). The highest BCUT2D eigenvalue weighted by Gasteiger charge is 2.35. The first kappa shape index (κ1) is 34.1. The van der Waals surface area contributed by atoms with Gasteiger partial charge in [-0.3, -0.25) is 14.7 Å². The van der Waals surface area contributed by atoms with Gasteiger partial charge in [0.1, 0.15) is 0 Å². The summed E-state index contributed by atoms with van der Waals surface area (Å²) < 4.78 is 58.5. The Hall–Kier alpha value is -3.28. The predicted octanol–water partition coefficient (Wildman–Crippen LogP) is 6.57. The summed E-state index contributed by atoms with van der Waals surface area (Å²) in [6.45, 7) is 7.97. The molecule has 0 amide bonds. The number of nitrogens with zero attached hydrogens (tertiary/aromatic N) is 2. The normalized spacial score (nSPS) is 26.3. The minimum absolute atomic E-state index is 0.124. The van der Waals surface area contributed by atoms with Crippen molar-refractivity contribution in [3.8, 4) is 0 Å². The third-order valence-corrected chi connectivity index (χ3v) is 12.7. The Morgan fingerprint density at radius 2 is 1.59 bits per heavy atom. The monoisotopic (exact) mass is 665 g/mol. The average molecular weight is 666 g/mol. The van der Waals surface area contributed by atoms with Gasteiger partial charge in [0.05, 0.1) is 45.0 Å². The molecule has 3 N–H and O–H groups in total. The highest BCUT2D eigenvalue weighted by Crippen LogP contribution is 2.30. The second kappa shape index (κ2) is 14.6. The number of allylic oxidation sites excluding steroid dienone is 3. The van der Waals surface area contributed by atoms with E-state index in [2.05, 4.69) is 21.7 Å². The molecule has 9 nitrogen and oxygen atoms in total. The maximum absolute atomic E-state index is 13.3. The third kappa shape index (κ3) is 8.54. The highest BCUT2D eigenvalue weighted by atomic mass is 32.2. The third-order valence-electron chi connectivity index (χ3n) is 9.30. The molecule has 2 aromatic carbocycles. The average Bonchev–Trinajstić information content (AvgIpc) is 3.03. The van der Waals surface area contributed by atoms with Gasteiger partial charge in [-0.15, -0.1) is 0 Å². The zero-order chi connectivity index (χ0) is 32.9. The van der Waals surface area contributed by atoms with Crippen LogP contribution in [0.4, 0.5) is 11.4 Å². The van der Waals surface area contributed by atoms with E-state index in [0.717, 1.165) is 74.1 Å². The van der Waals surface area contributed by atoms with Crippen molar-refractivity contribution >= 4 is 42.8 Å². The first-order chi connectivity index (χ1) is 21.9. The fourth-order valence-electron chi connectivity index (χ4n) is 6.40. The molecule has 11 heteroatoms. The zero-order valence-electron chi connectivity index (χ0n) is 27.2. The van der Waals surface area contributed by atoms with Gasteiger partial charge in [0.15, 0.2) is 0 Å². The Kier molecular flexibility index (Phi) is 10.8. The molecule has 0 aromatic heterocycles. The van der Waals surface area contributed by atoms with Crippen molar-refractivity contribution in [2.24, 2.45) is 15.9 Å². The lowest BCUT2D eigenvalue weighted by atomic mass is 9.91. The topological polar surface area (TPSA) is 129 Å². The van der Waals surface area contributed by atoms with Crippen LogP contribution in [0.25, 0.3) is 0 Å². The van der Waals surface area contributed by atoms with Gasteiger partial charge in [0.2, 0.25) is 10.0 Å². The summed E-state index contributed by atoms with van der Waals surface area (Å²) in [7, 11) is -7.19. The number of para-hydroxylation sites is 2. The number of hydrogen-bond acceptors (Lipinski definition) is 7. The molecule has 2 saturated carbocycles. The van der Waals surface area contributed by atoms with Crippen LogP contribution in [-0.4, -0.2) is 51.6 Å². The molecule has 1 aliphatic heterocycles. The lowest BCUT2D eigenvalue weighted by Gasteiger charge is -2.33. The second-order valence-corrected chi connectivity index (χ2v) is 16.7. The minimum atomic E-state index is -3.79. The minimum Gasteiger partial charge on any atom is -0.372 e. The number of anilines is 1. The van der Waals surface area contributed by atoms with Crippen LogP contribution >= 0.6 is 0 Å². The molecule has 1 heterocycles. The number of aryl methyl sites for hydroxylation is 1. The van der Waals surface area contributed by atoms with E-state index >= 15 is 0 Å². The highest BCUT2D eigenvalue weighted by molar-refractivity contribution is 7.92. The van der Waals surface area contributed by atoms with Gasteiger partial charge in [0.25, 0.3) is 10.0 Å². The van der Waals surface area contributed by atoms with Crippen molar-refractivity contribution in [3.63, 3.8) is 0 Å². The van der Waals surface area contributed by atoms with E-state index < -0.39 is 20.0 Å². The molecule has 0 radical (unpaired) electrons. The van der Waals surface area contributed by atoms with Crippen LogP contribution in [0.3, 0.4) is 0 Å². The van der Waals surface area contributed by atoms with Crippen molar-refractivity contribution in [2.45, 2.75) is 107 Å². The fraction of sp³-hybridized carbons (Fsp3) is 0.486. The van der Waals surface area contributed by atoms with E-state index in [1.807, 2.05) is 45.1 Å². The number of nitrogens with one attached hydrogen (secondary N) is 3. The molecule has 2 aliphatic carbocycles. The van der Waals surface area contributed by atoms with Gasteiger partial charge in [-0.05, 0) is 95.6 Å². The van der Waals surface area contributed by atoms with E-state index in [1.165, 1.54) is 0 Å². The molecular formula is C35H47N5O4S2. The number of aliphatic imine (C=N–C) groups is 2.